The van der Waals surface area contributed by atoms with Crippen molar-refractivity contribution < 1.29 is 9.66 Å². The smallest absolute Gasteiger partial charge is 0.269 e. The SMILES string of the molecule is CCc1ccc(NCc2cc(Br)cc(Br)c2OCc2ccc([N+](=O)[O-])cc2)cc1. The van der Waals surface area contributed by atoms with E-state index in [1.165, 1.54) is 17.7 Å². The fourth-order valence-corrected chi connectivity index (χ4v) is 4.26. The Hall–Kier alpha value is -2.38. The van der Waals surface area contributed by atoms with Crippen LogP contribution in [-0.2, 0) is 19.6 Å². The van der Waals surface area contributed by atoms with Crippen LogP contribution in [-0.4, -0.2) is 4.92 Å². The van der Waals surface area contributed by atoms with Gasteiger partial charge in [-0.05, 0) is 69.9 Å². The van der Waals surface area contributed by atoms with Gasteiger partial charge in [-0.15, -0.1) is 0 Å². The monoisotopic (exact) mass is 518 g/mol. The maximum absolute atomic E-state index is 10.8. The number of hydrogen-bond donors (Lipinski definition) is 1. The van der Waals surface area contributed by atoms with Crippen LogP contribution in [0.5, 0.6) is 5.75 Å². The second-order valence-electron chi connectivity index (χ2n) is 6.49. The number of nitrogens with one attached hydrogen (secondary N) is 1. The van der Waals surface area contributed by atoms with E-state index in [-0.39, 0.29) is 5.69 Å². The summed E-state index contributed by atoms with van der Waals surface area (Å²) in [5.74, 6) is 0.740. The lowest BCUT2D eigenvalue weighted by molar-refractivity contribution is -0.384. The third-order valence-corrected chi connectivity index (χ3v) is 5.51. The van der Waals surface area contributed by atoms with Crippen LogP contribution in [0.1, 0.15) is 23.6 Å². The lowest BCUT2D eigenvalue weighted by Crippen LogP contribution is -2.05. The van der Waals surface area contributed by atoms with Gasteiger partial charge >= 0.3 is 0 Å². The molecule has 0 aliphatic rings. The van der Waals surface area contributed by atoms with Crippen molar-refractivity contribution in [2.24, 2.45) is 0 Å². The number of non-ortho nitro benzene ring substituents is 1. The average Bonchev–Trinajstić information content (AvgIpc) is 2.72. The number of halogens is 2. The van der Waals surface area contributed by atoms with Crippen molar-refractivity contribution in [3.05, 3.63) is 96.4 Å². The first kappa shape index (κ1) is 21.3. The molecule has 0 saturated carbocycles. The number of ether oxygens (including phenoxy) is 1. The second kappa shape index (κ2) is 9.89. The van der Waals surface area contributed by atoms with E-state index < -0.39 is 4.92 Å². The molecule has 0 saturated heterocycles. The molecule has 29 heavy (non-hydrogen) atoms. The van der Waals surface area contributed by atoms with E-state index in [1.807, 2.05) is 12.1 Å². The van der Waals surface area contributed by atoms with Gasteiger partial charge in [-0.25, -0.2) is 0 Å². The summed E-state index contributed by atoms with van der Waals surface area (Å²) in [5.41, 5.74) is 4.26. The van der Waals surface area contributed by atoms with Crippen molar-refractivity contribution in [2.75, 3.05) is 5.32 Å². The van der Waals surface area contributed by atoms with Gasteiger partial charge in [0, 0.05) is 34.4 Å². The zero-order valence-corrected chi connectivity index (χ0v) is 19.0. The number of anilines is 1. The summed E-state index contributed by atoms with van der Waals surface area (Å²) in [6.45, 7) is 3.05. The van der Waals surface area contributed by atoms with Crippen molar-refractivity contribution in [1.82, 2.24) is 0 Å². The highest BCUT2D eigenvalue weighted by Crippen LogP contribution is 2.34. The largest absolute Gasteiger partial charge is 0.487 e. The molecule has 0 bridgehead atoms. The molecule has 7 heteroatoms. The summed E-state index contributed by atoms with van der Waals surface area (Å²) >= 11 is 7.11. The summed E-state index contributed by atoms with van der Waals surface area (Å²) in [7, 11) is 0. The lowest BCUT2D eigenvalue weighted by atomic mass is 10.1. The van der Waals surface area contributed by atoms with E-state index in [2.05, 4.69) is 68.4 Å². The van der Waals surface area contributed by atoms with Crippen LogP contribution in [0.25, 0.3) is 0 Å². The van der Waals surface area contributed by atoms with Gasteiger partial charge in [-0.2, -0.15) is 0 Å². The van der Waals surface area contributed by atoms with Gasteiger partial charge in [0.2, 0.25) is 0 Å². The van der Waals surface area contributed by atoms with E-state index in [0.29, 0.717) is 13.2 Å². The second-order valence-corrected chi connectivity index (χ2v) is 8.26. The number of hydrogen-bond acceptors (Lipinski definition) is 4. The van der Waals surface area contributed by atoms with E-state index in [4.69, 9.17) is 4.74 Å². The van der Waals surface area contributed by atoms with E-state index >= 15 is 0 Å². The standard InChI is InChI=1S/C22H20Br2N2O3/c1-2-15-3-7-19(8-4-15)25-13-17-11-18(23)12-21(24)22(17)29-14-16-5-9-20(10-6-16)26(27)28/h3-12,25H,2,13-14H2,1H3. The lowest BCUT2D eigenvalue weighted by Gasteiger charge is -2.16. The van der Waals surface area contributed by atoms with Gasteiger partial charge in [0.15, 0.2) is 0 Å². The van der Waals surface area contributed by atoms with Gasteiger partial charge in [0.1, 0.15) is 12.4 Å². The van der Waals surface area contributed by atoms with Gasteiger partial charge in [-0.1, -0.05) is 35.0 Å². The Morgan fingerprint density at radius 3 is 2.28 bits per heavy atom. The van der Waals surface area contributed by atoms with Crippen LogP contribution in [0, 0.1) is 10.1 Å². The molecule has 0 atom stereocenters. The molecule has 3 aromatic rings. The quantitative estimate of drug-likeness (QED) is 0.260. The molecule has 0 fully saturated rings. The molecule has 0 amide bonds. The molecule has 0 spiro atoms. The van der Waals surface area contributed by atoms with E-state index in [9.17, 15) is 10.1 Å². The Kier molecular flexibility index (Phi) is 7.28. The number of nitrogens with zero attached hydrogens (tertiary/aromatic N) is 1. The third kappa shape index (κ3) is 5.81. The average molecular weight is 520 g/mol. The van der Waals surface area contributed by atoms with Gasteiger partial charge in [0.25, 0.3) is 5.69 Å². The molecule has 0 aliphatic carbocycles. The molecule has 0 aliphatic heterocycles. The Labute approximate surface area is 186 Å². The zero-order chi connectivity index (χ0) is 20.8. The van der Waals surface area contributed by atoms with Crippen molar-refractivity contribution in [1.29, 1.82) is 0 Å². The molecule has 150 valence electrons. The minimum atomic E-state index is -0.410. The zero-order valence-electron chi connectivity index (χ0n) is 15.8. The highest BCUT2D eigenvalue weighted by Gasteiger charge is 2.12. The Balaban J connectivity index is 1.72. The minimum Gasteiger partial charge on any atom is -0.487 e. The maximum Gasteiger partial charge on any atom is 0.269 e. The minimum absolute atomic E-state index is 0.0672. The molecular formula is C22H20Br2N2O3. The summed E-state index contributed by atoms with van der Waals surface area (Å²) < 4.78 is 7.85. The fraction of sp³-hybridized carbons (Fsp3) is 0.182. The number of nitro groups is 1. The summed E-state index contributed by atoms with van der Waals surface area (Å²) in [5, 5.41) is 14.2. The summed E-state index contributed by atoms with van der Waals surface area (Å²) in [6, 6.07) is 18.7. The molecule has 0 radical (unpaired) electrons. The van der Waals surface area contributed by atoms with Gasteiger partial charge < -0.3 is 10.1 Å². The van der Waals surface area contributed by atoms with Crippen molar-refractivity contribution in [2.45, 2.75) is 26.5 Å². The molecule has 0 aromatic heterocycles. The van der Waals surface area contributed by atoms with Gasteiger partial charge in [-0.3, -0.25) is 10.1 Å². The first-order valence-corrected chi connectivity index (χ1v) is 10.7. The van der Waals surface area contributed by atoms with Crippen molar-refractivity contribution in [3.63, 3.8) is 0 Å². The Morgan fingerprint density at radius 1 is 1.00 bits per heavy atom. The molecule has 3 rings (SSSR count). The van der Waals surface area contributed by atoms with Crippen LogP contribution >= 0.6 is 31.9 Å². The highest BCUT2D eigenvalue weighted by atomic mass is 79.9. The molecule has 0 unspecified atom stereocenters. The number of rotatable bonds is 8. The fourth-order valence-electron chi connectivity index (χ4n) is 2.83. The Bertz CT molecular complexity index is 990. The normalized spacial score (nSPS) is 10.6. The van der Waals surface area contributed by atoms with Crippen molar-refractivity contribution in [3.8, 4) is 5.75 Å². The molecular weight excluding hydrogens is 500 g/mol. The maximum atomic E-state index is 10.8. The van der Waals surface area contributed by atoms with E-state index in [0.717, 1.165) is 37.9 Å². The molecule has 5 nitrogen and oxygen atoms in total. The van der Waals surface area contributed by atoms with Crippen LogP contribution < -0.4 is 10.1 Å². The van der Waals surface area contributed by atoms with Crippen LogP contribution in [0.4, 0.5) is 11.4 Å². The highest BCUT2D eigenvalue weighted by molar-refractivity contribution is 9.11. The van der Waals surface area contributed by atoms with Crippen molar-refractivity contribution >= 4 is 43.2 Å². The van der Waals surface area contributed by atoms with Crippen LogP contribution in [0.15, 0.2) is 69.6 Å². The summed E-state index contributed by atoms with van der Waals surface area (Å²) in [4.78, 5) is 10.4. The van der Waals surface area contributed by atoms with Crippen LogP contribution in [0.3, 0.4) is 0 Å². The van der Waals surface area contributed by atoms with Gasteiger partial charge in [0.05, 0.1) is 9.40 Å². The Morgan fingerprint density at radius 2 is 1.66 bits per heavy atom. The first-order chi connectivity index (χ1) is 14.0. The summed E-state index contributed by atoms with van der Waals surface area (Å²) in [6.07, 6.45) is 1.01. The first-order valence-electron chi connectivity index (χ1n) is 9.13. The number of nitro benzene ring substituents is 1. The topological polar surface area (TPSA) is 64.4 Å². The molecule has 3 aromatic carbocycles. The predicted octanol–water partition coefficient (Wildman–Crippen LogP) is 6.87. The number of benzene rings is 3. The van der Waals surface area contributed by atoms with Crippen LogP contribution in [0.2, 0.25) is 0 Å². The molecule has 0 heterocycles. The number of aryl methyl sites for hydroxylation is 1. The third-order valence-electron chi connectivity index (χ3n) is 4.46. The van der Waals surface area contributed by atoms with E-state index in [1.54, 1.807) is 12.1 Å². The molecule has 1 N–H and O–H groups in total. The predicted molar refractivity (Wildman–Crippen MR) is 122 cm³/mol.